The van der Waals surface area contributed by atoms with E-state index in [1.165, 1.54) is 0 Å². The van der Waals surface area contributed by atoms with E-state index in [4.69, 9.17) is 25.6 Å². The van der Waals surface area contributed by atoms with Crippen LogP contribution in [0.5, 0.6) is 5.75 Å². The number of nitrogens with one attached hydrogen (secondary N) is 1. The van der Waals surface area contributed by atoms with Crippen LogP contribution in [0.3, 0.4) is 0 Å². The summed E-state index contributed by atoms with van der Waals surface area (Å²) < 4.78 is 16.3. The molecule has 7 heteroatoms. The highest BCUT2D eigenvalue weighted by Gasteiger charge is 2.33. The molecule has 1 aliphatic rings. The summed E-state index contributed by atoms with van der Waals surface area (Å²) in [6, 6.07) is 5.27. The molecular formula is C14H16ClN3O3. The molecule has 1 aliphatic heterocycles. The minimum atomic E-state index is -0.146. The predicted molar refractivity (Wildman–Crippen MR) is 77.4 cm³/mol. The Hall–Kier alpha value is -1.63. The van der Waals surface area contributed by atoms with Crippen molar-refractivity contribution in [3.8, 4) is 17.1 Å². The second-order valence-corrected chi connectivity index (χ2v) is 5.63. The third kappa shape index (κ3) is 3.02. The second-order valence-electron chi connectivity index (χ2n) is 5.20. The zero-order chi connectivity index (χ0) is 14.9. The maximum atomic E-state index is 5.94. The molecule has 0 spiro atoms. The molecule has 112 valence electrons. The number of halogens is 1. The highest BCUT2D eigenvalue weighted by atomic mass is 35.5. The van der Waals surface area contributed by atoms with Crippen LogP contribution in [0.4, 0.5) is 0 Å². The normalized spacial score (nSPS) is 16.5. The molecule has 0 amide bonds. The smallest absolute Gasteiger partial charge is 0.252 e. The van der Waals surface area contributed by atoms with Crippen molar-refractivity contribution in [2.75, 3.05) is 20.2 Å². The van der Waals surface area contributed by atoms with Gasteiger partial charge in [0.05, 0.1) is 18.3 Å². The number of methoxy groups -OCH3 is 1. The summed E-state index contributed by atoms with van der Waals surface area (Å²) in [5, 5.41) is 7.72. The maximum Gasteiger partial charge on any atom is 0.252 e. The molecule has 2 heterocycles. The van der Waals surface area contributed by atoms with Crippen LogP contribution in [0.15, 0.2) is 22.7 Å². The summed E-state index contributed by atoms with van der Waals surface area (Å²) in [5.74, 6) is 1.50. The topological polar surface area (TPSA) is 69.4 Å². The van der Waals surface area contributed by atoms with Gasteiger partial charge in [0.1, 0.15) is 12.4 Å². The predicted octanol–water partition coefficient (Wildman–Crippen LogP) is 2.28. The van der Waals surface area contributed by atoms with E-state index in [0.717, 1.165) is 18.7 Å². The lowest BCUT2D eigenvalue weighted by molar-refractivity contribution is -0.0841. The van der Waals surface area contributed by atoms with Crippen molar-refractivity contribution in [1.29, 1.82) is 0 Å². The maximum absolute atomic E-state index is 5.94. The summed E-state index contributed by atoms with van der Waals surface area (Å²) >= 11 is 5.94. The van der Waals surface area contributed by atoms with Crippen molar-refractivity contribution in [1.82, 2.24) is 15.5 Å². The largest absolute Gasteiger partial charge is 0.496 e. The molecule has 0 atom stereocenters. The molecule has 2 aromatic rings. The van der Waals surface area contributed by atoms with Gasteiger partial charge in [0.25, 0.3) is 5.89 Å². The van der Waals surface area contributed by atoms with E-state index < -0.39 is 0 Å². The van der Waals surface area contributed by atoms with Crippen LogP contribution < -0.4 is 10.1 Å². The van der Waals surface area contributed by atoms with Gasteiger partial charge in [-0.15, -0.1) is 0 Å². The summed E-state index contributed by atoms with van der Waals surface area (Å²) in [5.41, 5.74) is 0.584. The SMILES string of the molecule is COc1cc(Cl)ccc1-c1noc(COC2(C)CNC2)n1. The van der Waals surface area contributed by atoms with E-state index in [1.807, 2.05) is 6.92 Å². The molecule has 1 fully saturated rings. The lowest BCUT2D eigenvalue weighted by Crippen LogP contribution is -2.58. The van der Waals surface area contributed by atoms with Crippen molar-refractivity contribution in [2.45, 2.75) is 19.1 Å². The first-order valence-corrected chi connectivity index (χ1v) is 6.99. The molecule has 0 bridgehead atoms. The Balaban J connectivity index is 1.75. The second kappa shape index (κ2) is 5.63. The first-order chi connectivity index (χ1) is 10.1. The fraction of sp³-hybridized carbons (Fsp3) is 0.429. The van der Waals surface area contributed by atoms with Crippen molar-refractivity contribution >= 4 is 11.6 Å². The summed E-state index contributed by atoms with van der Waals surface area (Å²) in [7, 11) is 1.57. The Labute approximate surface area is 127 Å². The van der Waals surface area contributed by atoms with Crippen molar-refractivity contribution in [3.63, 3.8) is 0 Å². The van der Waals surface area contributed by atoms with Gasteiger partial charge in [-0.05, 0) is 25.1 Å². The van der Waals surface area contributed by atoms with Gasteiger partial charge in [-0.1, -0.05) is 16.8 Å². The lowest BCUT2D eigenvalue weighted by atomic mass is 10.0. The fourth-order valence-electron chi connectivity index (χ4n) is 2.09. The van der Waals surface area contributed by atoms with E-state index in [0.29, 0.717) is 29.1 Å². The number of nitrogens with zero attached hydrogens (tertiary/aromatic N) is 2. The van der Waals surface area contributed by atoms with Crippen LogP contribution in [0.25, 0.3) is 11.4 Å². The summed E-state index contributed by atoms with van der Waals surface area (Å²) in [4.78, 5) is 4.33. The minimum absolute atomic E-state index is 0.146. The Kier molecular flexibility index (Phi) is 3.84. The van der Waals surface area contributed by atoms with Crippen LogP contribution in [0.2, 0.25) is 5.02 Å². The third-order valence-corrected chi connectivity index (χ3v) is 3.65. The summed E-state index contributed by atoms with van der Waals surface area (Å²) in [6.45, 7) is 4.00. The number of rotatable bonds is 5. The number of aromatic nitrogens is 2. The van der Waals surface area contributed by atoms with Gasteiger partial charge >= 0.3 is 0 Å². The minimum Gasteiger partial charge on any atom is -0.496 e. The van der Waals surface area contributed by atoms with Crippen LogP contribution in [-0.2, 0) is 11.3 Å². The quantitative estimate of drug-likeness (QED) is 0.914. The van der Waals surface area contributed by atoms with E-state index in [9.17, 15) is 0 Å². The Morgan fingerprint density at radius 1 is 1.43 bits per heavy atom. The fourth-order valence-corrected chi connectivity index (χ4v) is 2.25. The molecule has 1 aromatic heterocycles. The van der Waals surface area contributed by atoms with Gasteiger partial charge in [0, 0.05) is 18.1 Å². The number of hydrogen-bond acceptors (Lipinski definition) is 6. The van der Waals surface area contributed by atoms with Gasteiger partial charge in [0.2, 0.25) is 5.82 Å². The number of ether oxygens (including phenoxy) is 2. The van der Waals surface area contributed by atoms with Gasteiger partial charge in [0.15, 0.2) is 0 Å². The molecule has 0 saturated carbocycles. The molecule has 0 radical (unpaired) electrons. The van der Waals surface area contributed by atoms with E-state index in [1.54, 1.807) is 25.3 Å². The number of hydrogen-bond donors (Lipinski definition) is 1. The van der Waals surface area contributed by atoms with Crippen molar-refractivity contribution < 1.29 is 14.0 Å². The van der Waals surface area contributed by atoms with Gasteiger partial charge in [-0.25, -0.2) is 0 Å². The van der Waals surface area contributed by atoms with Gasteiger partial charge in [-0.3, -0.25) is 0 Å². The molecule has 21 heavy (non-hydrogen) atoms. The highest BCUT2D eigenvalue weighted by Crippen LogP contribution is 2.30. The lowest BCUT2D eigenvalue weighted by Gasteiger charge is -2.38. The zero-order valence-electron chi connectivity index (χ0n) is 11.9. The van der Waals surface area contributed by atoms with E-state index >= 15 is 0 Å². The van der Waals surface area contributed by atoms with Crippen LogP contribution in [0, 0.1) is 0 Å². The molecule has 1 saturated heterocycles. The third-order valence-electron chi connectivity index (χ3n) is 3.41. The Morgan fingerprint density at radius 2 is 2.24 bits per heavy atom. The van der Waals surface area contributed by atoms with E-state index in [2.05, 4.69) is 15.5 Å². The first kappa shape index (κ1) is 14.3. The van der Waals surface area contributed by atoms with E-state index in [-0.39, 0.29) is 5.60 Å². The Bertz CT molecular complexity index is 640. The van der Waals surface area contributed by atoms with Crippen LogP contribution >= 0.6 is 11.6 Å². The molecular weight excluding hydrogens is 294 g/mol. The van der Waals surface area contributed by atoms with Gasteiger partial charge < -0.3 is 19.3 Å². The average molecular weight is 310 g/mol. The average Bonchev–Trinajstić information content (AvgIpc) is 2.91. The van der Waals surface area contributed by atoms with Crippen LogP contribution in [-0.4, -0.2) is 35.9 Å². The molecule has 1 N–H and O–H groups in total. The molecule has 6 nitrogen and oxygen atoms in total. The van der Waals surface area contributed by atoms with Crippen molar-refractivity contribution in [3.05, 3.63) is 29.1 Å². The molecule has 1 aromatic carbocycles. The highest BCUT2D eigenvalue weighted by molar-refractivity contribution is 6.30. The zero-order valence-corrected chi connectivity index (χ0v) is 12.6. The number of benzene rings is 1. The Morgan fingerprint density at radius 3 is 2.90 bits per heavy atom. The first-order valence-electron chi connectivity index (χ1n) is 6.61. The molecule has 0 aliphatic carbocycles. The van der Waals surface area contributed by atoms with Gasteiger partial charge in [-0.2, -0.15) is 4.98 Å². The summed E-state index contributed by atoms with van der Waals surface area (Å²) in [6.07, 6.45) is 0. The monoisotopic (exact) mass is 309 g/mol. The van der Waals surface area contributed by atoms with Crippen LogP contribution in [0.1, 0.15) is 12.8 Å². The van der Waals surface area contributed by atoms with Crippen molar-refractivity contribution in [2.24, 2.45) is 0 Å². The molecule has 0 unspecified atom stereocenters. The standard InChI is InChI=1S/C14H16ClN3O3/c1-14(7-16-8-14)20-6-12-17-13(18-21-12)10-4-3-9(15)5-11(10)19-2/h3-5,16H,6-8H2,1-2H3. The molecule has 3 rings (SSSR count).